The number of amides is 1. The van der Waals surface area contributed by atoms with Crippen LogP contribution >= 0.6 is 0 Å². The van der Waals surface area contributed by atoms with Gasteiger partial charge in [-0.05, 0) is 61.1 Å². The molecule has 7 rings (SSSR count). The van der Waals surface area contributed by atoms with Crippen LogP contribution in [0.3, 0.4) is 0 Å². The number of ether oxygens (including phenoxy) is 1. The minimum Gasteiger partial charge on any atom is -0.508 e. The molecule has 54 heavy (non-hydrogen) atoms. The molecule has 0 unspecified atom stereocenters. The number of aromatic hydroxyl groups is 1. The Morgan fingerprint density at radius 2 is 2.02 bits per heavy atom. The number of benzene rings is 2. The highest BCUT2D eigenvalue weighted by Crippen LogP contribution is 2.40. The lowest BCUT2D eigenvalue weighted by atomic mass is 9.95. The van der Waals surface area contributed by atoms with Crippen LogP contribution in [0.25, 0.3) is 32.9 Å². The number of aromatic nitrogens is 4. The summed E-state index contributed by atoms with van der Waals surface area (Å²) in [6.07, 6.45) is 14.2. The van der Waals surface area contributed by atoms with E-state index in [2.05, 4.69) is 37.8 Å². The van der Waals surface area contributed by atoms with Crippen LogP contribution in [-0.2, 0) is 11.3 Å². The maximum atomic E-state index is 17.0. The fourth-order valence-corrected chi connectivity index (χ4v) is 7.93. The lowest BCUT2D eigenvalue weighted by molar-refractivity contribution is -0.129. The fourth-order valence-electron chi connectivity index (χ4n) is 7.93. The van der Waals surface area contributed by atoms with Crippen molar-refractivity contribution in [1.82, 2.24) is 29.7 Å². The van der Waals surface area contributed by atoms with Crippen molar-refractivity contribution in [2.24, 2.45) is 0 Å². The van der Waals surface area contributed by atoms with Crippen LogP contribution < -0.4 is 10.1 Å². The summed E-state index contributed by atoms with van der Waals surface area (Å²) in [5, 5.41) is 14.8. The molecule has 2 fully saturated rings. The first-order valence-electron chi connectivity index (χ1n) is 17.8. The van der Waals surface area contributed by atoms with E-state index in [1.54, 1.807) is 24.3 Å². The number of carbonyl (C=O) groups excluding carboxylic acids is 1. The van der Waals surface area contributed by atoms with Crippen LogP contribution in [0.1, 0.15) is 50.2 Å². The van der Waals surface area contributed by atoms with E-state index >= 15 is 4.39 Å². The molecule has 278 valence electrons. The lowest BCUT2D eigenvalue weighted by Crippen LogP contribution is -2.51. The molecular formula is C41H40F3N7O3. The summed E-state index contributed by atoms with van der Waals surface area (Å²) < 4.78 is 53.1. The Bertz CT molecular complexity index is 2290. The van der Waals surface area contributed by atoms with Crippen LogP contribution in [0.5, 0.6) is 11.8 Å². The van der Waals surface area contributed by atoms with Gasteiger partial charge in [-0.3, -0.25) is 19.7 Å². The zero-order valence-corrected chi connectivity index (χ0v) is 30.1. The normalized spacial score (nSPS) is 19.5. The Labute approximate surface area is 311 Å². The van der Waals surface area contributed by atoms with Crippen LogP contribution in [-0.4, -0.2) is 84.7 Å². The van der Waals surface area contributed by atoms with E-state index in [-0.39, 0.29) is 82.7 Å². The Kier molecular flexibility index (Phi) is 9.89. The number of halogens is 3. The van der Waals surface area contributed by atoms with Gasteiger partial charge < -0.3 is 20.1 Å². The molecule has 1 amide bonds. The third kappa shape index (κ3) is 6.78. The average molecular weight is 736 g/mol. The number of anilines is 1. The standard InChI is InChI=1S/C41H40F3N7O3/c1-5-29-32(43)12-11-26-16-28(52)17-30(34(26)29)36-35(44)37-31(20-46-36)38(47-23-41(13-7-8-14-41)50(4)33(53)6-2)49-39(48-37)54-24-40(3)18-27(42)22-51(40)21-25-10-9-15-45-19-25/h1,6,9-12,15-17,19-20,27,52H,2,7-8,13-14,18,21-24H2,3-4H3,(H,47,48,49)/t27-,40+/m1/s1. The average Bonchev–Trinajstić information content (AvgIpc) is 3.76. The summed E-state index contributed by atoms with van der Waals surface area (Å²) in [7, 11) is 1.74. The predicted molar refractivity (Wildman–Crippen MR) is 201 cm³/mol. The van der Waals surface area contributed by atoms with Crippen molar-refractivity contribution in [2.45, 2.75) is 62.8 Å². The van der Waals surface area contributed by atoms with Crippen molar-refractivity contribution in [1.29, 1.82) is 0 Å². The van der Waals surface area contributed by atoms with Gasteiger partial charge in [0, 0.05) is 62.6 Å². The van der Waals surface area contributed by atoms with Gasteiger partial charge in [-0.2, -0.15) is 9.97 Å². The van der Waals surface area contributed by atoms with E-state index in [9.17, 15) is 18.7 Å². The molecule has 13 heteroatoms. The molecule has 2 N–H and O–H groups in total. The van der Waals surface area contributed by atoms with E-state index in [1.165, 1.54) is 36.5 Å². The molecule has 1 aliphatic carbocycles. The molecule has 2 aliphatic rings. The third-order valence-electron chi connectivity index (χ3n) is 10.9. The topological polar surface area (TPSA) is 117 Å². The largest absolute Gasteiger partial charge is 0.508 e. The zero-order chi connectivity index (χ0) is 38.2. The van der Waals surface area contributed by atoms with Crippen LogP contribution in [0.15, 0.2) is 67.6 Å². The van der Waals surface area contributed by atoms with Gasteiger partial charge in [0.1, 0.15) is 41.4 Å². The summed E-state index contributed by atoms with van der Waals surface area (Å²) in [5.41, 5.74) is -0.833. The first-order chi connectivity index (χ1) is 25.9. The number of hydrogen-bond donors (Lipinski definition) is 2. The summed E-state index contributed by atoms with van der Waals surface area (Å²) >= 11 is 0. The molecule has 0 spiro atoms. The number of likely N-dealkylation sites (N-methyl/N-ethyl adjacent to an activating group) is 1. The molecule has 2 atom stereocenters. The van der Waals surface area contributed by atoms with Gasteiger partial charge in [-0.15, -0.1) is 6.42 Å². The molecule has 3 aromatic heterocycles. The number of terminal acetylenes is 1. The number of rotatable bonds is 11. The molecule has 1 saturated carbocycles. The second-order valence-electron chi connectivity index (χ2n) is 14.4. The van der Waals surface area contributed by atoms with E-state index in [0.29, 0.717) is 11.9 Å². The van der Waals surface area contributed by atoms with E-state index in [4.69, 9.17) is 11.2 Å². The summed E-state index contributed by atoms with van der Waals surface area (Å²) in [5.74, 6) is 0.570. The quantitative estimate of drug-likeness (QED) is 0.110. The minimum absolute atomic E-state index is 0.0132. The number of pyridine rings is 2. The second-order valence-corrected chi connectivity index (χ2v) is 14.4. The summed E-state index contributed by atoms with van der Waals surface area (Å²) in [6, 6.07) is 8.89. The SMILES string of the molecule is C#Cc1c(F)ccc2cc(O)cc(-c3ncc4c(NCC5(N(C)C(=O)C=C)CCCC5)nc(OC[C@]5(C)C[C@@H](F)CN5Cc5cccnc5)nc4c3F)c12. The van der Waals surface area contributed by atoms with Crippen molar-refractivity contribution in [3.8, 4) is 35.4 Å². The lowest BCUT2D eigenvalue weighted by Gasteiger charge is -2.38. The van der Waals surface area contributed by atoms with Gasteiger partial charge in [-0.25, -0.2) is 13.2 Å². The predicted octanol–water partition coefficient (Wildman–Crippen LogP) is 6.96. The number of hydrogen-bond acceptors (Lipinski definition) is 9. The molecule has 0 radical (unpaired) electrons. The van der Waals surface area contributed by atoms with E-state index in [0.717, 1.165) is 31.2 Å². The van der Waals surface area contributed by atoms with Crippen molar-refractivity contribution >= 4 is 33.4 Å². The highest BCUT2D eigenvalue weighted by molar-refractivity contribution is 6.03. The Morgan fingerprint density at radius 3 is 2.74 bits per heavy atom. The maximum absolute atomic E-state index is 17.0. The zero-order valence-electron chi connectivity index (χ0n) is 30.1. The summed E-state index contributed by atoms with van der Waals surface area (Å²) in [6.45, 7) is 6.46. The minimum atomic E-state index is -1.09. The molecule has 4 heterocycles. The highest BCUT2D eigenvalue weighted by atomic mass is 19.1. The Morgan fingerprint density at radius 1 is 1.22 bits per heavy atom. The molecule has 1 saturated heterocycles. The van der Waals surface area contributed by atoms with Gasteiger partial charge in [-0.1, -0.05) is 37.5 Å². The summed E-state index contributed by atoms with van der Waals surface area (Å²) in [4.78, 5) is 34.3. The molecule has 5 aromatic rings. The van der Waals surface area contributed by atoms with Crippen LogP contribution in [0.4, 0.5) is 19.0 Å². The maximum Gasteiger partial charge on any atom is 0.319 e. The molecule has 1 aliphatic heterocycles. The first kappa shape index (κ1) is 36.6. The number of phenolic OH excluding ortho intramolecular Hbond substituents is 1. The van der Waals surface area contributed by atoms with Crippen LogP contribution in [0.2, 0.25) is 0 Å². The van der Waals surface area contributed by atoms with Crippen molar-refractivity contribution in [3.05, 3.63) is 90.4 Å². The number of phenols is 1. The van der Waals surface area contributed by atoms with E-state index < -0.39 is 28.9 Å². The third-order valence-corrected chi connectivity index (χ3v) is 10.9. The van der Waals surface area contributed by atoms with Gasteiger partial charge in [0.15, 0.2) is 5.82 Å². The van der Waals surface area contributed by atoms with Crippen LogP contribution in [0, 0.1) is 24.0 Å². The molecule has 2 aromatic carbocycles. The van der Waals surface area contributed by atoms with E-state index in [1.807, 2.05) is 24.0 Å². The highest BCUT2D eigenvalue weighted by Gasteiger charge is 2.43. The van der Waals surface area contributed by atoms with Crippen molar-refractivity contribution in [3.63, 3.8) is 0 Å². The Hall–Kier alpha value is -5.74. The Balaban J connectivity index is 1.31. The van der Waals surface area contributed by atoms with Gasteiger partial charge >= 0.3 is 6.01 Å². The molecular weight excluding hydrogens is 695 g/mol. The van der Waals surface area contributed by atoms with Crippen molar-refractivity contribution in [2.75, 3.05) is 32.1 Å². The smallest absolute Gasteiger partial charge is 0.319 e. The number of fused-ring (bicyclic) bond motifs is 2. The van der Waals surface area contributed by atoms with Gasteiger partial charge in [0.05, 0.1) is 22.0 Å². The molecule has 0 bridgehead atoms. The molecule has 10 nitrogen and oxygen atoms in total. The number of nitrogens with one attached hydrogen (secondary N) is 1. The second kappa shape index (κ2) is 14.6. The first-order valence-corrected chi connectivity index (χ1v) is 17.8. The number of alkyl halides is 1. The van der Waals surface area contributed by atoms with Crippen molar-refractivity contribution < 1.29 is 27.8 Å². The van der Waals surface area contributed by atoms with Gasteiger partial charge in [0.2, 0.25) is 5.91 Å². The number of likely N-dealkylation sites (tertiary alicyclic amines) is 1. The number of carbonyl (C=O) groups is 1. The monoisotopic (exact) mass is 735 g/mol. The van der Waals surface area contributed by atoms with Gasteiger partial charge in [0.25, 0.3) is 0 Å². The fraction of sp³-hybridized carbons (Fsp3) is 0.341. The number of nitrogens with zero attached hydrogens (tertiary/aromatic N) is 6.